The summed E-state index contributed by atoms with van der Waals surface area (Å²) in [5, 5.41) is 4.39. The molecule has 1 unspecified atom stereocenters. The van der Waals surface area contributed by atoms with Gasteiger partial charge in [-0.25, -0.2) is 0 Å². The molecule has 2 rings (SSSR count). The van der Waals surface area contributed by atoms with E-state index >= 15 is 0 Å². The number of methoxy groups -OCH3 is 2. The Morgan fingerprint density at radius 2 is 2.10 bits per heavy atom. The predicted molar refractivity (Wildman–Crippen MR) is 79.8 cm³/mol. The highest BCUT2D eigenvalue weighted by Crippen LogP contribution is 2.38. The van der Waals surface area contributed by atoms with Gasteiger partial charge in [0.15, 0.2) is 11.5 Å². The van der Waals surface area contributed by atoms with Gasteiger partial charge in [-0.2, -0.15) is 4.98 Å². The molecule has 0 radical (unpaired) electrons. The number of rotatable bonds is 6. The van der Waals surface area contributed by atoms with E-state index in [0.29, 0.717) is 46.8 Å². The molecule has 7 heteroatoms. The molecular weight excluding hydrogens is 294 g/mol. The van der Waals surface area contributed by atoms with Gasteiger partial charge in [0.1, 0.15) is 0 Å². The number of hydrogen-bond acceptors (Lipinski definition) is 6. The van der Waals surface area contributed by atoms with E-state index < -0.39 is 0 Å². The number of nitrogens with two attached hydrogens (primary N) is 1. The number of ether oxygens (including phenoxy) is 2. The number of aromatic nitrogens is 2. The largest absolute Gasteiger partial charge is 0.493 e. The zero-order valence-corrected chi connectivity index (χ0v) is 13.0. The fraction of sp³-hybridized carbons (Fsp3) is 0.429. The number of benzene rings is 1. The fourth-order valence-corrected chi connectivity index (χ4v) is 2.17. The van der Waals surface area contributed by atoms with Crippen LogP contribution in [-0.2, 0) is 6.42 Å². The summed E-state index contributed by atoms with van der Waals surface area (Å²) < 4.78 is 15.7. The topological polar surface area (TPSA) is 83.4 Å². The van der Waals surface area contributed by atoms with Gasteiger partial charge in [0.25, 0.3) is 0 Å². The van der Waals surface area contributed by atoms with Gasteiger partial charge in [0, 0.05) is 12.0 Å². The van der Waals surface area contributed by atoms with Crippen molar-refractivity contribution in [1.82, 2.24) is 10.1 Å². The minimum atomic E-state index is 0.285. The minimum Gasteiger partial charge on any atom is -0.493 e. The molecule has 0 aliphatic rings. The maximum atomic E-state index is 6.17. The normalized spacial score (nSPS) is 12.2. The first-order valence-corrected chi connectivity index (χ1v) is 6.91. The number of nitrogens with zero attached hydrogens (tertiary/aromatic N) is 2. The van der Waals surface area contributed by atoms with Crippen molar-refractivity contribution in [2.24, 2.45) is 11.7 Å². The Morgan fingerprint density at radius 1 is 1.33 bits per heavy atom. The molecule has 1 aromatic heterocycles. The van der Waals surface area contributed by atoms with Crippen LogP contribution in [0.1, 0.15) is 12.8 Å². The highest BCUT2D eigenvalue weighted by atomic mass is 35.5. The van der Waals surface area contributed by atoms with Gasteiger partial charge in [-0.3, -0.25) is 0 Å². The molecule has 21 heavy (non-hydrogen) atoms. The Hall–Kier alpha value is -1.79. The summed E-state index contributed by atoms with van der Waals surface area (Å²) in [7, 11) is 3.08. The highest BCUT2D eigenvalue weighted by Gasteiger charge is 2.16. The highest BCUT2D eigenvalue weighted by molar-refractivity contribution is 6.32. The SMILES string of the molecule is COc1cc(-c2noc(CC(C)CN)n2)cc(Cl)c1OC. The van der Waals surface area contributed by atoms with Crippen molar-refractivity contribution < 1.29 is 14.0 Å². The van der Waals surface area contributed by atoms with Crippen LogP contribution in [0, 0.1) is 5.92 Å². The average molecular weight is 312 g/mol. The van der Waals surface area contributed by atoms with Gasteiger partial charge in [-0.15, -0.1) is 0 Å². The standard InChI is InChI=1S/C14H18ClN3O3/c1-8(7-16)4-12-17-14(18-21-12)9-5-10(15)13(20-3)11(6-9)19-2/h5-6,8H,4,7,16H2,1-3H3. The fourth-order valence-electron chi connectivity index (χ4n) is 1.88. The summed E-state index contributed by atoms with van der Waals surface area (Å²) >= 11 is 6.17. The second-order valence-corrected chi connectivity index (χ2v) is 5.16. The van der Waals surface area contributed by atoms with Crippen LogP contribution in [0.2, 0.25) is 5.02 Å². The lowest BCUT2D eigenvalue weighted by Gasteiger charge is -2.10. The first-order chi connectivity index (χ1) is 10.1. The zero-order chi connectivity index (χ0) is 15.4. The van der Waals surface area contributed by atoms with Crippen LogP contribution in [0.4, 0.5) is 0 Å². The van der Waals surface area contributed by atoms with Gasteiger partial charge in [-0.05, 0) is 24.6 Å². The van der Waals surface area contributed by atoms with E-state index in [-0.39, 0.29) is 5.92 Å². The van der Waals surface area contributed by atoms with Crippen molar-refractivity contribution in [3.63, 3.8) is 0 Å². The van der Waals surface area contributed by atoms with Gasteiger partial charge < -0.3 is 19.7 Å². The molecule has 0 bridgehead atoms. The smallest absolute Gasteiger partial charge is 0.227 e. The molecule has 0 spiro atoms. The predicted octanol–water partition coefficient (Wildman–Crippen LogP) is 2.54. The maximum Gasteiger partial charge on any atom is 0.227 e. The van der Waals surface area contributed by atoms with E-state index in [9.17, 15) is 0 Å². The molecule has 0 fully saturated rings. The molecule has 2 aromatic rings. The summed E-state index contributed by atoms with van der Waals surface area (Å²) in [5.41, 5.74) is 6.29. The molecule has 114 valence electrons. The van der Waals surface area contributed by atoms with Gasteiger partial charge in [-0.1, -0.05) is 23.7 Å². The van der Waals surface area contributed by atoms with Crippen LogP contribution in [0.25, 0.3) is 11.4 Å². The zero-order valence-electron chi connectivity index (χ0n) is 12.2. The lowest BCUT2D eigenvalue weighted by Crippen LogP contribution is -2.13. The summed E-state index contributed by atoms with van der Waals surface area (Å²) in [4.78, 5) is 4.35. The summed E-state index contributed by atoms with van der Waals surface area (Å²) in [6, 6.07) is 3.47. The monoisotopic (exact) mass is 311 g/mol. The van der Waals surface area contributed by atoms with Gasteiger partial charge in [0.05, 0.1) is 19.2 Å². The van der Waals surface area contributed by atoms with E-state index in [1.807, 2.05) is 6.92 Å². The Labute approximate surface area is 128 Å². The third-order valence-electron chi connectivity index (χ3n) is 3.09. The second kappa shape index (κ2) is 6.78. The van der Waals surface area contributed by atoms with Crippen molar-refractivity contribution in [3.05, 3.63) is 23.0 Å². The third kappa shape index (κ3) is 3.46. The summed E-state index contributed by atoms with van der Waals surface area (Å²) in [5.74, 6) is 2.28. The molecule has 0 saturated carbocycles. The van der Waals surface area contributed by atoms with Crippen molar-refractivity contribution >= 4 is 11.6 Å². The molecule has 0 aliphatic heterocycles. The van der Waals surface area contributed by atoms with Crippen molar-refractivity contribution in [2.45, 2.75) is 13.3 Å². The Morgan fingerprint density at radius 3 is 2.71 bits per heavy atom. The molecule has 1 heterocycles. The van der Waals surface area contributed by atoms with Gasteiger partial charge >= 0.3 is 0 Å². The van der Waals surface area contributed by atoms with Gasteiger partial charge in [0.2, 0.25) is 11.7 Å². The second-order valence-electron chi connectivity index (χ2n) is 4.75. The molecule has 0 amide bonds. The average Bonchev–Trinajstić information content (AvgIpc) is 2.94. The molecule has 1 atom stereocenters. The van der Waals surface area contributed by atoms with Crippen molar-refractivity contribution in [3.8, 4) is 22.9 Å². The van der Waals surface area contributed by atoms with Crippen LogP contribution in [0.15, 0.2) is 16.7 Å². The van der Waals surface area contributed by atoms with Crippen LogP contribution in [0.5, 0.6) is 11.5 Å². The van der Waals surface area contributed by atoms with E-state index in [2.05, 4.69) is 10.1 Å². The Kier molecular flexibility index (Phi) is 5.03. The molecule has 0 aliphatic carbocycles. The Bertz CT molecular complexity index is 616. The maximum absolute atomic E-state index is 6.17. The number of hydrogen-bond donors (Lipinski definition) is 1. The quantitative estimate of drug-likeness (QED) is 0.882. The first kappa shape index (κ1) is 15.6. The van der Waals surface area contributed by atoms with Crippen molar-refractivity contribution in [2.75, 3.05) is 20.8 Å². The molecule has 0 saturated heterocycles. The van der Waals surface area contributed by atoms with E-state index in [0.717, 1.165) is 0 Å². The lowest BCUT2D eigenvalue weighted by atomic mass is 10.1. The Balaban J connectivity index is 2.32. The van der Waals surface area contributed by atoms with Crippen LogP contribution >= 0.6 is 11.6 Å². The summed E-state index contributed by atoms with van der Waals surface area (Å²) in [6.07, 6.45) is 0.643. The molecular formula is C14H18ClN3O3. The van der Waals surface area contributed by atoms with Crippen LogP contribution < -0.4 is 15.2 Å². The van der Waals surface area contributed by atoms with Crippen LogP contribution in [-0.4, -0.2) is 30.9 Å². The minimum absolute atomic E-state index is 0.285. The van der Waals surface area contributed by atoms with E-state index in [1.54, 1.807) is 19.2 Å². The van der Waals surface area contributed by atoms with E-state index in [1.165, 1.54) is 7.11 Å². The first-order valence-electron chi connectivity index (χ1n) is 6.53. The molecule has 2 N–H and O–H groups in total. The third-order valence-corrected chi connectivity index (χ3v) is 3.37. The van der Waals surface area contributed by atoms with Crippen molar-refractivity contribution in [1.29, 1.82) is 0 Å². The molecule has 6 nitrogen and oxygen atoms in total. The molecule has 1 aromatic carbocycles. The number of halogens is 1. The lowest BCUT2D eigenvalue weighted by molar-refractivity contribution is 0.355. The van der Waals surface area contributed by atoms with E-state index in [4.69, 9.17) is 31.3 Å². The summed E-state index contributed by atoms with van der Waals surface area (Å²) in [6.45, 7) is 2.59. The van der Waals surface area contributed by atoms with Crippen LogP contribution in [0.3, 0.4) is 0 Å².